The molecule has 0 aliphatic carbocycles. The molecule has 0 atom stereocenters. The molecule has 2 N–H and O–H groups in total. The van der Waals surface area contributed by atoms with Crippen LogP contribution in [0.15, 0.2) is 18.2 Å². The molecule has 0 aliphatic rings. The van der Waals surface area contributed by atoms with Crippen molar-refractivity contribution in [3.8, 4) is 0 Å². The molecular formula is C10H13NO4. The maximum absolute atomic E-state index is 10.6. The van der Waals surface area contributed by atoms with Crippen LogP contribution in [0.1, 0.15) is 11.1 Å². The Morgan fingerprint density at radius 2 is 1.87 bits per heavy atom. The van der Waals surface area contributed by atoms with Gasteiger partial charge in [-0.05, 0) is 18.1 Å². The molecular weight excluding hydrogens is 198 g/mol. The van der Waals surface area contributed by atoms with Gasteiger partial charge in [-0.3, -0.25) is 10.1 Å². The van der Waals surface area contributed by atoms with Crippen LogP contribution in [0.4, 0.5) is 5.69 Å². The zero-order chi connectivity index (χ0) is 11.3. The summed E-state index contributed by atoms with van der Waals surface area (Å²) in [6.45, 7) is -0.111. The molecule has 0 aromatic heterocycles. The predicted octanol–water partition coefficient (Wildman–Crippen LogP) is 0.664. The number of hydrogen-bond donors (Lipinski definition) is 2. The van der Waals surface area contributed by atoms with Crippen LogP contribution >= 0.6 is 0 Å². The van der Waals surface area contributed by atoms with Crippen LogP contribution in [0, 0.1) is 10.1 Å². The Morgan fingerprint density at radius 1 is 1.20 bits per heavy atom. The average molecular weight is 211 g/mol. The number of rotatable bonds is 5. The fourth-order valence-corrected chi connectivity index (χ4v) is 1.42. The summed E-state index contributed by atoms with van der Waals surface area (Å²) in [5.74, 6) is 0. The van der Waals surface area contributed by atoms with Gasteiger partial charge < -0.3 is 10.2 Å². The van der Waals surface area contributed by atoms with Crippen LogP contribution in [-0.2, 0) is 12.8 Å². The van der Waals surface area contributed by atoms with Crippen molar-refractivity contribution in [1.82, 2.24) is 0 Å². The van der Waals surface area contributed by atoms with Gasteiger partial charge in [0.05, 0.1) is 4.92 Å². The van der Waals surface area contributed by atoms with Gasteiger partial charge in [-0.2, -0.15) is 0 Å². The predicted molar refractivity (Wildman–Crippen MR) is 54.7 cm³/mol. The van der Waals surface area contributed by atoms with E-state index in [4.69, 9.17) is 10.2 Å². The Morgan fingerprint density at radius 3 is 2.40 bits per heavy atom. The maximum Gasteiger partial charge on any atom is 0.272 e. The molecule has 0 heterocycles. The van der Waals surface area contributed by atoms with Crippen molar-refractivity contribution in [2.45, 2.75) is 12.8 Å². The molecule has 1 aromatic rings. The molecule has 0 saturated carbocycles. The number of hydrogen-bond acceptors (Lipinski definition) is 4. The van der Waals surface area contributed by atoms with Crippen molar-refractivity contribution in [3.63, 3.8) is 0 Å². The van der Waals surface area contributed by atoms with Crippen LogP contribution in [0.25, 0.3) is 0 Å². The van der Waals surface area contributed by atoms with E-state index >= 15 is 0 Å². The summed E-state index contributed by atoms with van der Waals surface area (Å²) in [5, 5.41) is 28.2. The van der Waals surface area contributed by atoms with Gasteiger partial charge in [0.25, 0.3) is 5.69 Å². The van der Waals surface area contributed by atoms with Crippen LogP contribution in [0.3, 0.4) is 0 Å². The van der Waals surface area contributed by atoms with E-state index in [1.165, 1.54) is 6.07 Å². The monoisotopic (exact) mass is 211 g/mol. The standard InChI is InChI=1S/C10H13NO4/c12-5-3-8-1-2-10(11(14)15)9(7-8)4-6-13/h1-2,7,12-13H,3-6H2. The molecule has 0 saturated heterocycles. The van der Waals surface area contributed by atoms with E-state index < -0.39 is 4.92 Å². The first kappa shape index (κ1) is 11.6. The van der Waals surface area contributed by atoms with Gasteiger partial charge >= 0.3 is 0 Å². The molecule has 0 bridgehead atoms. The largest absolute Gasteiger partial charge is 0.396 e. The minimum Gasteiger partial charge on any atom is -0.396 e. The summed E-state index contributed by atoms with van der Waals surface area (Å²) in [6.07, 6.45) is 0.728. The summed E-state index contributed by atoms with van der Waals surface area (Å²) in [7, 11) is 0. The van der Waals surface area contributed by atoms with Gasteiger partial charge in [-0.15, -0.1) is 0 Å². The van der Waals surface area contributed by atoms with E-state index in [0.29, 0.717) is 12.0 Å². The molecule has 0 unspecified atom stereocenters. The smallest absolute Gasteiger partial charge is 0.272 e. The molecule has 1 aromatic carbocycles. The van der Waals surface area contributed by atoms with E-state index in [9.17, 15) is 10.1 Å². The van der Waals surface area contributed by atoms with Crippen LogP contribution in [0.5, 0.6) is 0 Å². The highest BCUT2D eigenvalue weighted by Crippen LogP contribution is 2.20. The van der Waals surface area contributed by atoms with Gasteiger partial charge in [0.2, 0.25) is 0 Å². The third kappa shape index (κ3) is 3.00. The molecule has 82 valence electrons. The van der Waals surface area contributed by atoms with E-state index in [1.807, 2.05) is 0 Å². The molecule has 0 aliphatic heterocycles. The highest BCUT2D eigenvalue weighted by atomic mass is 16.6. The lowest BCUT2D eigenvalue weighted by atomic mass is 10.0. The Hall–Kier alpha value is -1.46. The van der Waals surface area contributed by atoms with Crippen molar-refractivity contribution >= 4 is 5.69 Å². The summed E-state index contributed by atoms with van der Waals surface area (Å²) in [4.78, 5) is 10.2. The summed E-state index contributed by atoms with van der Waals surface area (Å²) >= 11 is 0. The number of aliphatic hydroxyl groups is 2. The minimum atomic E-state index is -0.465. The quantitative estimate of drug-likeness (QED) is 0.553. The first-order valence-electron chi connectivity index (χ1n) is 4.67. The van der Waals surface area contributed by atoms with E-state index in [2.05, 4.69) is 0 Å². The molecule has 5 nitrogen and oxygen atoms in total. The first-order valence-corrected chi connectivity index (χ1v) is 4.67. The fourth-order valence-electron chi connectivity index (χ4n) is 1.42. The Balaban J connectivity index is 3.03. The summed E-state index contributed by atoms with van der Waals surface area (Å²) in [5.41, 5.74) is 1.37. The lowest BCUT2D eigenvalue weighted by Gasteiger charge is -2.04. The normalized spacial score (nSPS) is 10.3. The first-order chi connectivity index (χ1) is 7.19. The van der Waals surface area contributed by atoms with Gasteiger partial charge in [-0.25, -0.2) is 0 Å². The summed E-state index contributed by atoms with van der Waals surface area (Å²) < 4.78 is 0. The Bertz CT molecular complexity index is 351. The number of nitro groups is 1. The minimum absolute atomic E-state index is 0.0103. The van der Waals surface area contributed by atoms with Gasteiger partial charge in [0.15, 0.2) is 0 Å². The molecule has 0 amide bonds. The van der Waals surface area contributed by atoms with Crippen molar-refractivity contribution in [2.75, 3.05) is 13.2 Å². The van der Waals surface area contributed by atoms with E-state index in [0.717, 1.165) is 5.56 Å². The van der Waals surface area contributed by atoms with E-state index in [-0.39, 0.29) is 25.3 Å². The third-order valence-corrected chi connectivity index (χ3v) is 2.12. The van der Waals surface area contributed by atoms with E-state index in [1.54, 1.807) is 12.1 Å². The SMILES string of the molecule is O=[N+]([O-])c1ccc(CCO)cc1CCO. The highest BCUT2D eigenvalue weighted by Gasteiger charge is 2.13. The van der Waals surface area contributed by atoms with Gasteiger partial charge in [-0.1, -0.05) is 6.07 Å². The second-order valence-electron chi connectivity index (χ2n) is 3.17. The summed E-state index contributed by atoms with van der Waals surface area (Å²) in [6, 6.07) is 4.69. The molecule has 0 spiro atoms. The number of nitrogens with zero attached hydrogens (tertiary/aromatic N) is 1. The Labute approximate surface area is 87.1 Å². The van der Waals surface area contributed by atoms with Gasteiger partial charge in [0, 0.05) is 31.3 Å². The fraction of sp³-hybridized carbons (Fsp3) is 0.400. The zero-order valence-corrected chi connectivity index (χ0v) is 8.22. The molecule has 5 heteroatoms. The molecule has 15 heavy (non-hydrogen) atoms. The van der Waals surface area contributed by atoms with Crippen molar-refractivity contribution < 1.29 is 15.1 Å². The lowest BCUT2D eigenvalue weighted by Crippen LogP contribution is -2.00. The molecule has 1 rings (SSSR count). The van der Waals surface area contributed by atoms with Crippen molar-refractivity contribution in [3.05, 3.63) is 39.4 Å². The highest BCUT2D eigenvalue weighted by molar-refractivity contribution is 5.43. The molecule has 0 radical (unpaired) electrons. The average Bonchev–Trinajstić information content (AvgIpc) is 2.18. The van der Waals surface area contributed by atoms with Crippen LogP contribution in [-0.4, -0.2) is 28.4 Å². The topological polar surface area (TPSA) is 83.6 Å². The number of benzene rings is 1. The second kappa shape index (κ2) is 5.43. The second-order valence-corrected chi connectivity index (χ2v) is 3.17. The maximum atomic E-state index is 10.6. The zero-order valence-electron chi connectivity index (χ0n) is 8.22. The Kier molecular flexibility index (Phi) is 4.20. The van der Waals surface area contributed by atoms with Crippen molar-refractivity contribution in [1.29, 1.82) is 0 Å². The van der Waals surface area contributed by atoms with Crippen molar-refractivity contribution in [2.24, 2.45) is 0 Å². The number of nitro benzene ring substituents is 1. The van der Waals surface area contributed by atoms with Crippen LogP contribution < -0.4 is 0 Å². The van der Waals surface area contributed by atoms with Gasteiger partial charge in [0.1, 0.15) is 0 Å². The lowest BCUT2D eigenvalue weighted by molar-refractivity contribution is -0.385. The molecule has 0 fully saturated rings. The third-order valence-electron chi connectivity index (χ3n) is 2.12. The number of aliphatic hydroxyl groups excluding tert-OH is 2. The van der Waals surface area contributed by atoms with Crippen LogP contribution in [0.2, 0.25) is 0 Å².